The van der Waals surface area contributed by atoms with Crippen molar-refractivity contribution >= 4 is 11.9 Å². The first kappa shape index (κ1) is 23.8. The van der Waals surface area contributed by atoms with Crippen molar-refractivity contribution in [3.63, 3.8) is 0 Å². The van der Waals surface area contributed by atoms with Crippen LogP contribution in [0.25, 0.3) is 11.1 Å². The normalized spacial score (nSPS) is 16.0. The van der Waals surface area contributed by atoms with Crippen LogP contribution in [0.1, 0.15) is 42.6 Å². The molecular weight excluding hydrogens is 448 g/mol. The van der Waals surface area contributed by atoms with E-state index in [-0.39, 0.29) is 42.5 Å². The minimum atomic E-state index is -3.52. The van der Waals surface area contributed by atoms with Gasteiger partial charge in [0.05, 0.1) is 18.8 Å². The van der Waals surface area contributed by atoms with Crippen molar-refractivity contribution < 1.29 is 48.6 Å². The van der Waals surface area contributed by atoms with E-state index >= 15 is 0 Å². The highest BCUT2D eigenvalue weighted by Gasteiger charge is 2.53. The highest BCUT2D eigenvalue weighted by Crippen LogP contribution is 2.51. The fraction of sp³-hybridized carbons (Fsp3) is 0.417. The summed E-state index contributed by atoms with van der Waals surface area (Å²) < 4.78 is 26.7. The fourth-order valence-electron chi connectivity index (χ4n) is 3.72. The van der Waals surface area contributed by atoms with E-state index < -0.39 is 17.5 Å². The number of cyclic esters (lactones) is 1. The number of hydrogen-bond donors (Lipinski definition) is 3. The first-order chi connectivity index (χ1) is 16.0. The highest BCUT2D eigenvalue weighted by atomic mass is 16.9. The van der Waals surface area contributed by atoms with Crippen LogP contribution in [-0.2, 0) is 20.9 Å². The van der Waals surface area contributed by atoms with E-state index in [1.54, 1.807) is 38.1 Å². The molecule has 1 aliphatic heterocycles. The fourth-order valence-corrected chi connectivity index (χ4v) is 3.72. The Bertz CT molecular complexity index is 1110. The number of ether oxygens (including phenoxy) is 5. The molecule has 10 heteroatoms. The Kier molecular flexibility index (Phi) is 6.15. The Morgan fingerprint density at radius 1 is 1.12 bits per heavy atom. The molecule has 0 bridgehead atoms. The monoisotopic (exact) mass is 474 g/mol. The average Bonchev–Trinajstić information content (AvgIpc) is 3.47. The van der Waals surface area contributed by atoms with Crippen LogP contribution in [0.5, 0.6) is 17.2 Å². The summed E-state index contributed by atoms with van der Waals surface area (Å²) in [5.74, 6) is -1.03. The maximum Gasteiger partial charge on any atom is 0.453 e. The van der Waals surface area contributed by atoms with Gasteiger partial charge in [-0.05, 0) is 56.5 Å². The van der Waals surface area contributed by atoms with Gasteiger partial charge in [-0.2, -0.15) is 0 Å². The predicted octanol–water partition coefficient (Wildman–Crippen LogP) is 2.11. The number of aliphatic hydroxyl groups is 3. The van der Waals surface area contributed by atoms with Crippen molar-refractivity contribution in [2.45, 2.75) is 45.6 Å². The lowest BCUT2D eigenvalue weighted by atomic mass is 9.99. The molecule has 0 radical (unpaired) electrons. The van der Waals surface area contributed by atoms with Gasteiger partial charge in [-0.25, -0.2) is 4.79 Å². The standard InChI is InChI=1S/C24H26O10/c1-13(2)33-22(26)23(8-9-23)12-32-19-16(6-7-18(30-3)20(19)34-24(27,28)29)14-4-5-17-15(10-14)11-31-21(17)25/h4-7,10,13,27-29H,8-9,11-12H2,1-3H3. The van der Waals surface area contributed by atoms with Crippen LogP contribution in [0.3, 0.4) is 0 Å². The third-order valence-corrected chi connectivity index (χ3v) is 5.65. The molecule has 2 aliphatic rings. The Labute approximate surface area is 195 Å². The molecule has 10 nitrogen and oxygen atoms in total. The number of benzene rings is 2. The molecule has 1 saturated carbocycles. The van der Waals surface area contributed by atoms with E-state index in [2.05, 4.69) is 0 Å². The summed E-state index contributed by atoms with van der Waals surface area (Å²) in [6.07, 6.45) is -2.67. The Balaban J connectivity index is 1.75. The molecule has 0 unspecified atom stereocenters. The van der Waals surface area contributed by atoms with Gasteiger partial charge in [0, 0.05) is 11.1 Å². The van der Waals surface area contributed by atoms with Crippen molar-refractivity contribution in [3.8, 4) is 28.4 Å². The summed E-state index contributed by atoms with van der Waals surface area (Å²) in [4.78, 5) is 24.4. The smallest absolute Gasteiger partial charge is 0.453 e. The van der Waals surface area contributed by atoms with Gasteiger partial charge < -0.3 is 39.0 Å². The van der Waals surface area contributed by atoms with Crippen molar-refractivity contribution in [2.24, 2.45) is 5.41 Å². The predicted molar refractivity (Wildman–Crippen MR) is 116 cm³/mol. The van der Waals surface area contributed by atoms with E-state index in [4.69, 9.17) is 23.7 Å². The lowest BCUT2D eigenvalue weighted by molar-refractivity contribution is -0.420. The van der Waals surface area contributed by atoms with Gasteiger partial charge in [-0.3, -0.25) is 4.79 Å². The summed E-state index contributed by atoms with van der Waals surface area (Å²) >= 11 is 0. The maximum absolute atomic E-state index is 12.6. The summed E-state index contributed by atoms with van der Waals surface area (Å²) in [7, 11) is 1.33. The second-order valence-electron chi connectivity index (χ2n) is 8.62. The molecule has 4 rings (SSSR count). The van der Waals surface area contributed by atoms with Crippen LogP contribution in [0.15, 0.2) is 30.3 Å². The zero-order chi connectivity index (χ0) is 24.7. The minimum absolute atomic E-state index is 0.00897. The Morgan fingerprint density at radius 2 is 1.82 bits per heavy atom. The molecule has 0 atom stereocenters. The first-order valence-electron chi connectivity index (χ1n) is 10.7. The second-order valence-corrected chi connectivity index (χ2v) is 8.62. The summed E-state index contributed by atoms with van der Waals surface area (Å²) in [6, 6.07) is 8.18. The Morgan fingerprint density at radius 3 is 2.44 bits per heavy atom. The summed E-state index contributed by atoms with van der Waals surface area (Å²) in [6.45, 7) is 3.56. The molecular formula is C24H26O10. The Hall–Kier alpha value is -3.34. The molecule has 34 heavy (non-hydrogen) atoms. The zero-order valence-electron chi connectivity index (χ0n) is 19.0. The number of esters is 2. The quantitative estimate of drug-likeness (QED) is 0.365. The van der Waals surface area contributed by atoms with Crippen LogP contribution in [0.4, 0.5) is 0 Å². The van der Waals surface area contributed by atoms with Gasteiger partial charge in [0.2, 0.25) is 5.75 Å². The van der Waals surface area contributed by atoms with Crippen LogP contribution in [0, 0.1) is 5.41 Å². The highest BCUT2D eigenvalue weighted by molar-refractivity contribution is 5.94. The van der Waals surface area contributed by atoms with E-state index in [1.807, 2.05) is 0 Å². The zero-order valence-corrected chi connectivity index (χ0v) is 19.0. The van der Waals surface area contributed by atoms with E-state index in [0.29, 0.717) is 35.1 Å². The summed E-state index contributed by atoms with van der Waals surface area (Å²) in [5, 5.41) is 28.5. The number of methoxy groups -OCH3 is 1. The van der Waals surface area contributed by atoms with Crippen LogP contribution >= 0.6 is 0 Å². The first-order valence-corrected chi connectivity index (χ1v) is 10.7. The lowest BCUT2D eigenvalue weighted by Crippen LogP contribution is -2.35. The van der Waals surface area contributed by atoms with Gasteiger partial charge >= 0.3 is 18.1 Å². The molecule has 2 aromatic rings. The third kappa shape index (κ3) is 4.79. The number of carbonyl (C=O) groups excluding carboxylic acids is 2. The van der Waals surface area contributed by atoms with Crippen LogP contribution in [-0.4, -0.2) is 53.2 Å². The number of rotatable bonds is 9. The van der Waals surface area contributed by atoms with Crippen LogP contribution in [0.2, 0.25) is 0 Å². The van der Waals surface area contributed by atoms with Gasteiger partial charge in [-0.15, -0.1) is 0 Å². The maximum atomic E-state index is 12.6. The minimum Gasteiger partial charge on any atom is -0.493 e. The van der Waals surface area contributed by atoms with E-state index in [0.717, 1.165) is 0 Å². The van der Waals surface area contributed by atoms with Crippen LogP contribution < -0.4 is 14.2 Å². The number of hydrogen-bond acceptors (Lipinski definition) is 10. The molecule has 2 aromatic carbocycles. The molecule has 182 valence electrons. The second kappa shape index (κ2) is 8.79. The molecule has 0 saturated heterocycles. The van der Waals surface area contributed by atoms with Gasteiger partial charge in [0.25, 0.3) is 0 Å². The lowest BCUT2D eigenvalue weighted by Gasteiger charge is -2.24. The molecule has 0 aromatic heterocycles. The van der Waals surface area contributed by atoms with Crippen molar-refractivity contribution in [1.82, 2.24) is 0 Å². The number of fused-ring (bicyclic) bond motifs is 1. The SMILES string of the molecule is COc1ccc(-c2ccc3c(c2)COC3=O)c(OCC2(C(=O)OC(C)C)CC2)c1OC(O)(O)O. The third-order valence-electron chi connectivity index (χ3n) is 5.65. The largest absolute Gasteiger partial charge is 0.493 e. The number of carbonyl (C=O) groups is 2. The van der Waals surface area contributed by atoms with Gasteiger partial charge in [-0.1, -0.05) is 6.07 Å². The van der Waals surface area contributed by atoms with Crippen molar-refractivity contribution in [3.05, 3.63) is 41.5 Å². The van der Waals surface area contributed by atoms with E-state index in [1.165, 1.54) is 13.2 Å². The molecule has 1 fully saturated rings. The van der Waals surface area contributed by atoms with Crippen molar-refractivity contribution in [2.75, 3.05) is 13.7 Å². The molecule has 1 aliphatic carbocycles. The molecule has 1 heterocycles. The molecule has 3 N–H and O–H groups in total. The topological polar surface area (TPSA) is 141 Å². The summed E-state index contributed by atoms with van der Waals surface area (Å²) in [5.41, 5.74) is 1.33. The van der Waals surface area contributed by atoms with Gasteiger partial charge in [0.15, 0.2) is 11.5 Å². The average molecular weight is 474 g/mol. The molecule has 0 spiro atoms. The van der Waals surface area contributed by atoms with E-state index in [9.17, 15) is 24.9 Å². The molecule has 0 amide bonds. The van der Waals surface area contributed by atoms with Crippen molar-refractivity contribution in [1.29, 1.82) is 0 Å². The van der Waals surface area contributed by atoms with Gasteiger partial charge in [0.1, 0.15) is 18.6 Å².